The summed E-state index contributed by atoms with van der Waals surface area (Å²) in [7, 11) is 0. The number of carbonyl (C=O) groups is 2. The summed E-state index contributed by atoms with van der Waals surface area (Å²) in [5, 5.41) is 5.64. The molecule has 51 heavy (non-hydrogen) atoms. The summed E-state index contributed by atoms with van der Waals surface area (Å²) >= 11 is 0. The van der Waals surface area contributed by atoms with Crippen molar-refractivity contribution in [3.8, 4) is 22.9 Å². The maximum absolute atomic E-state index is 13.2. The van der Waals surface area contributed by atoms with E-state index in [0.717, 1.165) is 12.1 Å². The summed E-state index contributed by atoms with van der Waals surface area (Å²) in [6.45, 7) is 10.4. The van der Waals surface area contributed by atoms with Gasteiger partial charge in [-0.1, -0.05) is 63.7 Å². The molecule has 0 radical (unpaired) electrons. The molecule has 266 valence electrons. The number of amides is 2. The molecule has 1 atom stereocenters. The molecular weight excluding hydrogens is 657 g/mol. The van der Waals surface area contributed by atoms with E-state index in [1.165, 1.54) is 17.7 Å². The quantitative estimate of drug-likeness (QED) is 0.0937. The zero-order chi connectivity index (χ0) is 36.9. The van der Waals surface area contributed by atoms with Crippen molar-refractivity contribution in [2.75, 3.05) is 6.54 Å². The smallest absolute Gasteiger partial charge is 0.416 e. The Balaban J connectivity index is 1.48. The van der Waals surface area contributed by atoms with Crippen LogP contribution in [0.3, 0.4) is 0 Å². The lowest BCUT2D eigenvalue weighted by Crippen LogP contribution is -2.28. The Morgan fingerprint density at radius 3 is 2.27 bits per heavy atom. The van der Waals surface area contributed by atoms with E-state index in [-0.39, 0.29) is 17.5 Å². The summed E-state index contributed by atoms with van der Waals surface area (Å²) in [5.74, 6) is 0.862. The van der Waals surface area contributed by atoms with Crippen LogP contribution >= 0.6 is 0 Å². The van der Waals surface area contributed by atoms with Gasteiger partial charge in [-0.3, -0.25) is 9.59 Å². The summed E-state index contributed by atoms with van der Waals surface area (Å²) in [6.07, 6.45) is -3.61. The van der Waals surface area contributed by atoms with Gasteiger partial charge in [-0.05, 0) is 84.0 Å². The van der Waals surface area contributed by atoms with Crippen LogP contribution in [-0.4, -0.2) is 27.9 Å². The molecular formula is C39H41F3N6O3. The Morgan fingerprint density at radius 2 is 1.61 bits per heavy atom. The Bertz CT molecular complexity index is 2050. The van der Waals surface area contributed by atoms with Crippen molar-refractivity contribution in [1.29, 1.82) is 0 Å². The monoisotopic (exact) mass is 698 g/mol. The van der Waals surface area contributed by atoms with E-state index in [1.807, 2.05) is 48.5 Å². The molecule has 1 heterocycles. The van der Waals surface area contributed by atoms with E-state index < -0.39 is 29.6 Å². The molecule has 5 aromatic rings. The van der Waals surface area contributed by atoms with Crippen molar-refractivity contribution < 1.29 is 27.5 Å². The van der Waals surface area contributed by atoms with Crippen molar-refractivity contribution in [1.82, 2.24) is 20.2 Å². The van der Waals surface area contributed by atoms with Crippen LogP contribution in [0.15, 0.2) is 103 Å². The van der Waals surface area contributed by atoms with Gasteiger partial charge in [-0.25, -0.2) is 4.98 Å². The lowest BCUT2D eigenvalue weighted by molar-refractivity contribution is -0.137. The first-order chi connectivity index (χ1) is 24.1. The van der Waals surface area contributed by atoms with E-state index in [1.54, 1.807) is 22.8 Å². The number of fused-ring (bicyclic) bond motifs is 1. The van der Waals surface area contributed by atoms with Crippen molar-refractivity contribution in [2.24, 2.45) is 11.5 Å². The fraction of sp³-hybridized carbons (Fsp3) is 0.256. The summed E-state index contributed by atoms with van der Waals surface area (Å²) in [6, 6.07) is 24.0. The summed E-state index contributed by atoms with van der Waals surface area (Å²) in [4.78, 5) is 31.1. The topological polar surface area (TPSA) is 137 Å². The average molecular weight is 699 g/mol. The maximum atomic E-state index is 13.2. The number of rotatable bonds is 13. The fourth-order valence-electron chi connectivity index (χ4n) is 5.70. The number of hydrogen-bond acceptors (Lipinski definition) is 6. The lowest BCUT2D eigenvalue weighted by Gasteiger charge is -2.20. The number of imidazole rings is 1. The number of halogens is 3. The standard InChI is InChI=1S/C39H41F3N6O3/c1-24(43)45-19-7-12-34(35(44)49)48-33-18-13-27(37(50)46-23-25-8-5-10-29(20-25)39(40,41)42)22-32(33)47-36(48)26-9-6-11-31(21-26)51-30-16-14-28(15-17-30)38(2,3)4/h5-6,8-11,13-18,20-22,34,45H,1,7,12,19,23,43H2,2-4H3,(H2,44,49)(H,46,50)/t34-/m1/s1. The largest absolute Gasteiger partial charge is 0.457 e. The predicted molar refractivity (Wildman–Crippen MR) is 192 cm³/mol. The molecule has 0 aliphatic carbocycles. The molecule has 5 rings (SSSR count). The third-order valence-electron chi connectivity index (χ3n) is 8.35. The molecule has 1 aromatic heterocycles. The van der Waals surface area contributed by atoms with Crippen LogP contribution in [0, 0.1) is 0 Å². The van der Waals surface area contributed by atoms with E-state index >= 15 is 0 Å². The molecule has 12 heteroatoms. The molecule has 9 nitrogen and oxygen atoms in total. The van der Waals surface area contributed by atoms with Crippen molar-refractivity contribution in [3.63, 3.8) is 0 Å². The van der Waals surface area contributed by atoms with Gasteiger partial charge < -0.3 is 31.4 Å². The molecule has 0 aliphatic heterocycles. The number of ether oxygens (including phenoxy) is 1. The minimum atomic E-state index is -4.50. The highest BCUT2D eigenvalue weighted by atomic mass is 19.4. The van der Waals surface area contributed by atoms with Crippen LogP contribution in [0.2, 0.25) is 0 Å². The van der Waals surface area contributed by atoms with Crippen LogP contribution in [0.5, 0.6) is 11.5 Å². The second-order valence-electron chi connectivity index (χ2n) is 13.3. The number of hydrogen-bond donors (Lipinski definition) is 4. The summed E-state index contributed by atoms with van der Waals surface area (Å²) < 4.78 is 47.5. The SMILES string of the molecule is C=C(N)NCCC[C@H](C(N)=O)n1c(-c2cccc(Oc3ccc(C(C)(C)C)cc3)c2)nc2cc(C(=O)NCc3cccc(C(F)(F)F)c3)ccc21. The molecule has 0 aliphatic rings. The zero-order valence-electron chi connectivity index (χ0n) is 28.7. The second-order valence-corrected chi connectivity index (χ2v) is 13.3. The number of nitrogens with two attached hydrogens (primary N) is 2. The highest BCUT2D eigenvalue weighted by Gasteiger charge is 2.30. The predicted octanol–water partition coefficient (Wildman–Crippen LogP) is 7.57. The van der Waals surface area contributed by atoms with E-state index in [2.05, 4.69) is 38.0 Å². The summed E-state index contributed by atoms with van der Waals surface area (Å²) in [5.41, 5.74) is 14.2. The molecule has 0 unspecified atom stereocenters. The van der Waals surface area contributed by atoms with E-state index in [0.29, 0.717) is 64.7 Å². The van der Waals surface area contributed by atoms with E-state index in [9.17, 15) is 22.8 Å². The molecule has 0 saturated heterocycles. The van der Waals surface area contributed by atoms with E-state index in [4.69, 9.17) is 21.2 Å². The lowest BCUT2D eigenvalue weighted by atomic mass is 9.87. The number of benzene rings is 4. The van der Waals surface area contributed by atoms with Crippen LogP contribution in [0.4, 0.5) is 13.2 Å². The number of aromatic nitrogens is 2. The van der Waals surface area contributed by atoms with Gasteiger partial charge in [0.15, 0.2) is 0 Å². The minimum absolute atomic E-state index is 0.00799. The first kappa shape index (κ1) is 36.5. The second kappa shape index (κ2) is 15.0. The van der Waals surface area contributed by atoms with Crippen molar-refractivity contribution >= 4 is 22.8 Å². The van der Waals surface area contributed by atoms with Gasteiger partial charge in [0, 0.05) is 24.2 Å². The first-order valence-corrected chi connectivity index (χ1v) is 16.4. The average Bonchev–Trinajstić information content (AvgIpc) is 3.45. The molecule has 4 aromatic carbocycles. The molecule has 0 fully saturated rings. The molecule has 0 bridgehead atoms. The van der Waals surface area contributed by atoms with Gasteiger partial charge in [0.2, 0.25) is 5.91 Å². The van der Waals surface area contributed by atoms with Gasteiger partial charge in [0.05, 0.1) is 22.4 Å². The van der Waals surface area contributed by atoms with Crippen LogP contribution < -0.4 is 26.8 Å². The highest BCUT2D eigenvalue weighted by Crippen LogP contribution is 2.34. The molecule has 0 spiro atoms. The minimum Gasteiger partial charge on any atom is -0.457 e. The number of primary amides is 1. The van der Waals surface area contributed by atoms with Gasteiger partial charge in [-0.2, -0.15) is 13.2 Å². The Labute approximate surface area is 294 Å². The Hall–Kier alpha value is -5.78. The van der Waals surface area contributed by atoms with Gasteiger partial charge in [0.25, 0.3) is 5.91 Å². The Morgan fingerprint density at radius 1 is 0.882 bits per heavy atom. The fourth-order valence-corrected chi connectivity index (χ4v) is 5.70. The Kier molecular flexibility index (Phi) is 10.7. The third-order valence-corrected chi connectivity index (χ3v) is 8.35. The van der Waals surface area contributed by atoms with Gasteiger partial charge >= 0.3 is 6.18 Å². The number of nitrogens with one attached hydrogen (secondary N) is 2. The highest BCUT2D eigenvalue weighted by molar-refractivity contribution is 5.98. The maximum Gasteiger partial charge on any atom is 0.416 e. The molecule has 6 N–H and O–H groups in total. The van der Waals surface area contributed by atoms with Crippen molar-refractivity contribution in [3.05, 3.63) is 126 Å². The molecule has 2 amide bonds. The third kappa shape index (κ3) is 9.07. The van der Waals surface area contributed by atoms with Gasteiger partial charge in [-0.15, -0.1) is 0 Å². The normalized spacial score (nSPS) is 12.4. The van der Waals surface area contributed by atoms with Crippen LogP contribution in [0.1, 0.15) is 66.7 Å². The van der Waals surface area contributed by atoms with Crippen LogP contribution in [0.25, 0.3) is 22.4 Å². The first-order valence-electron chi connectivity index (χ1n) is 16.4. The van der Waals surface area contributed by atoms with Crippen LogP contribution in [-0.2, 0) is 22.9 Å². The number of alkyl halides is 3. The van der Waals surface area contributed by atoms with Crippen molar-refractivity contribution in [2.45, 2.75) is 57.8 Å². The number of carbonyl (C=O) groups excluding carboxylic acids is 2. The van der Waals surface area contributed by atoms with Gasteiger partial charge in [0.1, 0.15) is 23.4 Å². The number of nitrogens with zero attached hydrogens (tertiary/aromatic N) is 2. The zero-order valence-corrected chi connectivity index (χ0v) is 28.7. The molecule has 0 saturated carbocycles.